The minimum atomic E-state index is -0.530. The standard InChI is InChI=1S/C21H23N5O2S/c1-15-4-2-5-16(22-15)12-24-9-7-21(14-24)8-10-25-18(27)19(28)26(23-20(21)25)13-17-6-3-11-29-17/h2-6,11H,7-10,12-14H2,1H3/t21-/m1/s1. The maximum Gasteiger partial charge on any atom is 0.332 e. The molecule has 0 saturated carbocycles. The lowest BCUT2D eigenvalue weighted by molar-refractivity contribution is 0.294. The normalized spacial score (nSPS) is 21.1. The Bertz CT molecular complexity index is 1170. The van der Waals surface area contributed by atoms with Crippen LogP contribution in [0.3, 0.4) is 0 Å². The fraction of sp³-hybridized carbons (Fsp3) is 0.429. The molecule has 3 aromatic rings. The van der Waals surface area contributed by atoms with E-state index in [0.717, 1.165) is 54.6 Å². The molecule has 0 radical (unpaired) electrons. The van der Waals surface area contributed by atoms with E-state index in [2.05, 4.69) is 16.0 Å². The van der Waals surface area contributed by atoms with Crippen molar-refractivity contribution in [2.75, 3.05) is 13.1 Å². The van der Waals surface area contributed by atoms with Gasteiger partial charge in [0.1, 0.15) is 5.82 Å². The number of hydrogen-bond acceptors (Lipinski definition) is 6. The van der Waals surface area contributed by atoms with Gasteiger partial charge in [-0.15, -0.1) is 11.3 Å². The molecule has 1 saturated heterocycles. The van der Waals surface area contributed by atoms with Crippen molar-refractivity contribution >= 4 is 11.3 Å². The Morgan fingerprint density at radius 1 is 1.07 bits per heavy atom. The molecule has 3 aromatic heterocycles. The number of aryl methyl sites for hydroxylation is 1. The molecular weight excluding hydrogens is 386 g/mol. The molecule has 5 heterocycles. The summed E-state index contributed by atoms with van der Waals surface area (Å²) in [5, 5.41) is 6.68. The minimum Gasteiger partial charge on any atom is -0.296 e. The molecule has 8 heteroatoms. The van der Waals surface area contributed by atoms with Crippen molar-refractivity contribution in [3.8, 4) is 0 Å². The first-order chi connectivity index (χ1) is 14.0. The zero-order valence-electron chi connectivity index (χ0n) is 16.4. The van der Waals surface area contributed by atoms with Gasteiger partial charge in [0.05, 0.1) is 12.2 Å². The Morgan fingerprint density at radius 3 is 2.72 bits per heavy atom. The summed E-state index contributed by atoms with van der Waals surface area (Å²) in [6.07, 6.45) is 1.80. The van der Waals surface area contributed by atoms with E-state index < -0.39 is 11.1 Å². The van der Waals surface area contributed by atoms with Gasteiger partial charge >= 0.3 is 11.1 Å². The number of pyridine rings is 1. The summed E-state index contributed by atoms with van der Waals surface area (Å²) in [5.41, 5.74) is 0.954. The average Bonchev–Trinajstić information content (AvgIpc) is 3.42. The van der Waals surface area contributed by atoms with Crippen LogP contribution in [-0.2, 0) is 25.0 Å². The second-order valence-electron chi connectivity index (χ2n) is 8.08. The number of likely N-dealkylation sites (tertiary alicyclic amines) is 1. The number of aromatic nitrogens is 4. The second kappa shape index (κ2) is 7.03. The van der Waals surface area contributed by atoms with E-state index in [1.807, 2.05) is 36.6 Å². The van der Waals surface area contributed by atoms with Gasteiger partial charge in [-0.25, -0.2) is 4.68 Å². The molecule has 0 bridgehead atoms. The van der Waals surface area contributed by atoms with Crippen LogP contribution < -0.4 is 11.1 Å². The minimum absolute atomic E-state index is 0.159. The van der Waals surface area contributed by atoms with Crippen LogP contribution in [0.5, 0.6) is 0 Å². The highest BCUT2D eigenvalue weighted by Gasteiger charge is 2.47. The first-order valence-electron chi connectivity index (χ1n) is 9.94. The zero-order chi connectivity index (χ0) is 20.0. The molecule has 0 aliphatic carbocycles. The summed E-state index contributed by atoms with van der Waals surface area (Å²) in [7, 11) is 0. The Balaban J connectivity index is 1.45. The number of nitrogens with zero attached hydrogens (tertiary/aromatic N) is 5. The van der Waals surface area contributed by atoms with Gasteiger partial charge in [0.2, 0.25) is 0 Å². The molecule has 0 unspecified atom stereocenters. The molecule has 0 aromatic carbocycles. The van der Waals surface area contributed by atoms with E-state index in [9.17, 15) is 9.59 Å². The van der Waals surface area contributed by atoms with Crippen LogP contribution in [0.25, 0.3) is 0 Å². The highest BCUT2D eigenvalue weighted by atomic mass is 32.1. The van der Waals surface area contributed by atoms with Crippen molar-refractivity contribution in [1.29, 1.82) is 0 Å². The van der Waals surface area contributed by atoms with E-state index in [4.69, 9.17) is 5.10 Å². The Morgan fingerprint density at radius 2 is 1.93 bits per heavy atom. The third kappa shape index (κ3) is 3.26. The average molecular weight is 410 g/mol. The first kappa shape index (κ1) is 18.4. The summed E-state index contributed by atoms with van der Waals surface area (Å²) < 4.78 is 2.97. The van der Waals surface area contributed by atoms with Crippen LogP contribution in [0.4, 0.5) is 0 Å². The predicted octanol–water partition coefficient (Wildman–Crippen LogP) is 1.77. The van der Waals surface area contributed by atoms with Gasteiger partial charge in [0, 0.05) is 35.6 Å². The Kier molecular flexibility index (Phi) is 4.48. The summed E-state index contributed by atoms with van der Waals surface area (Å²) in [6.45, 7) is 5.51. The quantitative estimate of drug-likeness (QED) is 0.614. The van der Waals surface area contributed by atoms with Crippen molar-refractivity contribution in [1.82, 2.24) is 24.2 Å². The maximum atomic E-state index is 12.7. The van der Waals surface area contributed by atoms with E-state index in [-0.39, 0.29) is 5.41 Å². The zero-order valence-corrected chi connectivity index (χ0v) is 17.2. The number of hydrogen-bond donors (Lipinski definition) is 0. The fourth-order valence-electron chi connectivity index (χ4n) is 4.63. The van der Waals surface area contributed by atoms with Gasteiger partial charge in [-0.2, -0.15) is 5.10 Å². The number of thiophene rings is 1. The van der Waals surface area contributed by atoms with E-state index in [0.29, 0.717) is 13.1 Å². The summed E-state index contributed by atoms with van der Waals surface area (Å²) in [6, 6.07) is 10.0. The van der Waals surface area contributed by atoms with Gasteiger partial charge in [-0.1, -0.05) is 12.1 Å². The first-order valence-corrected chi connectivity index (χ1v) is 10.8. The van der Waals surface area contributed by atoms with Crippen LogP contribution >= 0.6 is 11.3 Å². The molecule has 7 nitrogen and oxygen atoms in total. The molecule has 2 aliphatic rings. The van der Waals surface area contributed by atoms with Crippen molar-refractivity contribution < 1.29 is 0 Å². The summed E-state index contributed by atoms with van der Waals surface area (Å²) >= 11 is 1.57. The molecule has 0 amide bonds. The van der Waals surface area contributed by atoms with Gasteiger partial charge < -0.3 is 0 Å². The van der Waals surface area contributed by atoms with Crippen LogP contribution in [0.2, 0.25) is 0 Å². The molecule has 0 N–H and O–H groups in total. The highest BCUT2D eigenvalue weighted by Crippen LogP contribution is 2.40. The van der Waals surface area contributed by atoms with E-state index in [1.165, 1.54) is 4.68 Å². The van der Waals surface area contributed by atoms with Crippen molar-refractivity contribution in [2.45, 2.75) is 44.8 Å². The van der Waals surface area contributed by atoms with Gasteiger partial charge in [0.25, 0.3) is 0 Å². The Labute approximate surface area is 172 Å². The van der Waals surface area contributed by atoms with Crippen LogP contribution in [-0.4, -0.2) is 37.3 Å². The van der Waals surface area contributed by atoms with E-state index >= 15 is 0 Å². The molecule has 1 fully saturated rings. The molecule has 1 spiro atoms. The lowest BCUT2D eigenvalue weighted by Gasteiger charge is -2.23. The lowest BCUT2D eigenvalue weighted by Crippen LogP contribution is -2.45. The predicted molar refractivity (Wildman–Crippen MR) is 111 cm³/mol. The van der Waals surface area contributed by atoms with Gasteiger partial charge in [-0.3, -0.25) is 24.0 Å². The molecule has 29 heavy (non-hydrogen) atoms. The van der Waals surface area contributed by atoms with Gasteiger partial charge in [-0.05, 0) is 49.9 Å². The lowest BCUT2D eigenvalue weighted by atomic mass is 9.85. The molecule has 150 valence electrons. The smallest absolute Gasteiger partial charge is 0.296 e. The summed E-state index contributed by atoms with van der Waals surface area (Å²) in [4.78, 5) is 33.3. The SMILES string of the molecule is Cc1cccc(CN2CC[C@@]3(CCn4c3nn(Cc3cccs3)c(=O)c4=O)C2)n1. The largest absolute Gasteiger partial charge is 0.332 e. The molecule has 1 atom stereocenters. The number of fused-ring (bicyclic) bond motifs is 2. The molecule has 5 rings (SSSR count). The monoisotopic (exact) mass is 409 g/mol. The van der Waals surface area contributed by atoms with Crippen LogP contribution in [0, 0.1) is 6.92 Å². The fourth-order valence-corrected chi connectivity index (χ4v) is 5.31. The van der Waals surface area contributed by atoms with E-state index in [1.54, 1.807) is 15.9 Å². The third-order valence-electron chi connectivity index (χ3n) is 6.07. The van der Waals surface area contributed by atoms with Crippen molar-refractivity contribution in [2.24, 2.45) is 0 Å². The van der Waals surface area contributed by atoms with Gasteiger partial charge in [0.15, 0.2) is 0 Å². The van der Waals surface area contributed by atoms with Crippen molar-refractivity contribution in [3.63, 3.8) is 0 Å². The molecular formula is C21H23N5O2S. The number of rotatable bonds is 4. The summed E-state index contributed by atoms with van der Waals surface area (Å²) in [5.74, 6) is 0.776. The third-order valence-corrected chi connectivity index (χ3v) is 6.93. The maximum absolute atomic E-state index is 12.7. The Hall–Kier alpha value is -2.58. The van der Waals surface area contributed by atoms with Crippen LogP contribution in [0.1, 0.15) is 34.9 Å². The highest BCUT2D eigenvalue weighted by molar-refractivity contribution is 7.09. The van der Waals surface area contributed by atoms with Crippen molar-refractivity contribution in [3.05, 3.63) is 78.5 Å². The molecule has 2 aliphatic heterocycles. The van der Waals surface area contributed by atoms with Crippen LogP contribution in [0.15, 0.2) is 45.3 Å². The second-order valence-corrected chi connectivity index (χ2v) is 9.12. The topological polar surface area (TPSA) is 73.0 Å².